The second kappa shape index (κ2) is 6.72. The molecule has 6 heteroatoms. The molecule has 0 fully saturated rings. The van der Waals surface area contributed by atoms with E-state index in [0.717, 1.165) is 11.3 Å². The van der Waals surface area contributed by atoms with Crippen LogP contribution in [0.5, 0.6) is 0 Å². The zero-order valence-electron chi connectivity index (χ0n) is 11.4. The number of aryl methyl sites for hydroxylation is 2. The average molecular weight is 310 g/mol. The van der Waals surface area contributed by atoms with E-state index in [-0.39, 0.29) is 6.03 Å². The Labute approximate surface area is 127 Å². The van der Waals surface area contributed by atoms with Crippen LogP contribution < -0.4 is 10.6 Å². The van der Waals surface area contributed by atoms with Crippen LogP contribution in [0.25, 0.3) is 11.3 Å². The van der Waals surface area contributed by atoms with E-state index in [2.05, 4.69) is 41.6 Å². The summed E-state index contributed by atoms with van der Waals surface area (Å²) < 4.78 is 0. The number of nitrogens with one attached hydrogen (secondary N) is 2. The minimum atomic E-state index is -0.286. The summed E-state index contributed by atoms with van der Waals surface area (Å²) in [7, 11) is 0. The van der Waals surface area contributed by atoms with Gasteiger partial charge in [-0.15, -0.1) is 22.9 Å². The van der Waals surface area contributed by atoms with Crippen LogP contribution in [-0.2, 0) is 0 Å². The fourth-order valence-electron chi connectivity index (χ4n) is 1.67. The lowest BCUT2D eigenvalue weighted by atomic mass is 10.1. The Morgan fingerprint density at radius 2 is 2.15 bits per heavy atom. The first-order valence-corrected chi connectivity index (χ1v) is 7.65. The second-order valence-electron chi connectivity index (χ2n) is 4.41. The van der Waals surface area contributed by atoms with Gasteiger partial charge in [-0.2, -0.15) is 0 Å². The number of hydrogen-bond acceptors (Lipinski definition) is 3. The molecular weight excluding hydrogens is 294 g/mol. The Bertz CT molecular complexity index is 612. The van der Waals surface area contributed by atoms with Crippen molar-refractivity contribution in [1.82, 2.24) is 10.3 Å². The van der Waals surface area contributed by atoms with E-state index in [1.165, 1.54) is 22.5 Å². The van der Waals surface area contributed by atoms with Gasteiger partial charge in [0, 0.05) is 23.4 Å². The van der Waals surface area contributed by atoms with E-state index >= 15 is 0 Å². The number of hydrogen-bond donors (Lipinski definition) is 2. The first-order valence-electron chi connectivity index (χ1n) is 6.24. The van der Waals surface area contributed by atoms with Gasteiger partial charge < -0.3 is 5.32 Å². The Morgan fingerprint density at radius 3 is 2.85 bits per heavy atom. The third kappa shape index (κ3) is 3.71. The second-order valence-corrected chi connectivity index (χ2v) is 5.64. The third-order valence-electron chi connectivity index (χ3n) is 2.91. The van der Waals surface area contributed by atoms with Crippen LogP contribution in [0.4, 0.5) is 9.93 Å². The molecule has 1 aromatic carbocycles. The monoisotopic (exact) mass is 309 g/mol. The summed E-state index contributed by atoms with van der Waals surface area (Å²) in [4.78, 5) is 15.9. The molecule has 2 N–H and O–H groups in total. The van der Waals surface area contributed by atoms with E-state index in [1.807, 2.05) is 11.4 Å². The van der Waals surface area contributed by atoms with Crippen molar-refractivity contribution in [2.45, 2.75) is 13.8 Å². The predicted octanol–water partition coefficient (Wildman–Crippen LogP) is 3.79. The molecule has 0 unspecified atom stereocenters. The van der Waals surface area contributed by atoms with E-state index in [9.17, 15) is 4.79 Å². The molecule has 4 nitrogen and oxygen atoms in total. The number of nitrogens with zero attached hydrogens (tertiary/aromatic N) is 1. The molecule has 0 bridgehead atoms. The van der Waals surface area contributed by atoms with Crippen molar-refractivity contribution in [3.8, 4) is 11.3 Å². The first kappa shape index (κ1) is 14.8. The summed E-state index contributed by atoms with van der Waals surface area (Å²) in [6.45, 7) is 4.58. The van der Waals surface area contributed by atoms with Crippen LogP contribution in [-0.4, -0.2) is 23.4 Å². The molecule has 1 heterocycles. The summed E-state index contributed by atoms with van der Waals surface area (Å²) in [5.41, 5.74) is 4.40. The normalized spacial score (nSPS) is 10.3. The van der Waals surface area contributed by atoms with Crippen molar-refractivity contribution in [2.75, 3.05) is 17.7 Å². The van der Waals surface area contributed by atoms with E-state index in [0.29, 0.717) is 17.6 Å². The predicted molar refractivity (Wildman–Crippen MR) is 84.8 cm³/mol. The van der Waals surface area contributed by atoms with Crippen molar-refractivity contribution < 1.29 is 4.79 Å². The number of alkyl halides is 1. The zero-order chi connectivity index (χ0) is 14.5. The van der Waals surface area contributed by atoms with Crippen LogP contribution in [0.3, 0.4) is 0 Å². The maximum absolute atomic E-state index is 11.5. The van der Waals surface area contributed by atoms with E-state index < -0.39 is 0 Å². The molecule has 2 amide bonds. The summed E-state index contributed by atoms with van der Waals surface area (Å²) >= 11 is 6.90. The van der Waals surface area contributed by atoms with Gasteiger partial charge in [0.05, 0.1) is 5.69 Å². The SMILES string of the molecule is Cc1ccc(-c2csc(NC(=O)NCCCl)n2)cc1C. The lowest BCUT2D eigenvalue weighted by molar-refractivity contribution is 0.252. The Hall–Kier alpha value is -1.59. The molecule has 0 spiro atoms. The topological polar surface area (TPSA) is 54.0 Å². The molecule has 20 heavy (non-hydrogen) atoms. The van der Waals surface area contributed by atoms with Gasteiger partial charge in [0.15, 0.2) is 5.13 Å². The average Bonchev–Trinajstić information content (AvgIpc) is 2.88. The number of urea groups is 1. The van der Waals surface area contributed by atoms with Crippen LogP contribution in [0.15, 0.2) is 23.6 Å². The molecule has 2 rings (SSSR count). The summed E-state index contributed by atoms with van der Waals surface area (Å²) in [6, 6.07) is 5.92. The first-order chi connectivity index (χ1) is 9.60. The quantitative estimate of drug-likeness (QED) is 0.844. The van der Waals surface area contributed by atoms with Gasteiger partial charge in [-0.3, -0.25) is 5.32 Å². The molecule has 0 atom stereocenters. The molecule has 2 aromatic rings. The number of thiazole rings is 1. The van der Waals surface area contributed by atoms with Crippen LogP contribution >= 0.6 is 22.9 Å². The van der Waals surface area contributed by atoms with Gasteiger partial charge in [0.2, 0.25) is 0 Å². The molecule has 106 valence electrons. The van der Waals surface area contributed by atoms with E-state index in [4.69, 9.17) is 11.6 Å². The van der Waals surface area contributed by atoms with Gasteiger partial charge >= 0.3 is 6.03 Å². The summed E-state index contributed by atoms with van der Waals surface area (Å²) in [6.07, 6.45) is 0. The van der Waals surface area contributed by atoms with Crippen molar-refractivity contribution in [3.05, 3.63) is 34.7 Å². The molecule has 0 saturated carbocycles. The number of aromatic nitrogens is 1. The van der Waals surface area contributed by atoms with Gasteiger partial charge in [0.25, 0.3) is 0 Å². The fraction of sp³-hybridized carbons (Fsp3) is 0.286. The highest BCUT2D eigenvalue weighted by Gasteiger charge is 2.08. The number of halogens is 1. The zero-order valence-corrected chi connectivity index (χ0v) is 12.9. The number of carbonyl (C=O) groups excluding carboxylic acids is 1. The molecule has 0 saturated heterocycles. The maximum atomic E-state index is 11.5. The lowest BCUT2D eigenvalue weighted by Gasteiger charge is -2.03. The lowest BCUT2D eigenvalue weighted by Crippen LogP contribution is -2.30. The van der Waals surface area contributed by atoms with Crippen LogP contribution in [0, 0.1) is 13.8 Å². The molecular formula is C14H16ClN3OS. The van der Waals surface area contributed by atoms with Gasteiger partial charge in [-0.05, 0) is 31.0 Å². The van der Waals surface area contributed by atoms with Crippen molar-refractivity contribution in [3.63, 3.8) is 0 Å². The highest BCUT2D eigenvalue weighted by Crippen LogP contribution is 2.26. The largest absolute Gasteiger partial charge is 0.337 e. The number of amides is 2. The van der Waals surface area contributed by atoms with Crippen molar-refractivity contribution in [1.29, 1.82) is 0 Å². The smallest absolute Gasteiger partial charge is 0.321 e. The Balaban J connectivity index is 2.08. The number of anilines is 1. The minimum Gasteiger partial charge on any atom is -0.337 e. The fourth-order valence-corrected chi connectivity index (χ4v) is 2.48. The minimum absolute atomic E-state index is 0.286. The van der Waals surface area contributed by atoms with Gasteiger partial charge in [0.1, 0.15) is 0 Å². The van der Waals surface area contributed by atoms with Gasteiger partial charge in [-0.1, -0.05) is 12.1 Å². The Kier molecular flexibility index (Phi) is 4.98. The van der Waals surface area contributed by atoms with Crippen LogP contribution in [0.2, 0.25) is 0 Å². The van der Waals surface area contributed by atoms with E-state index in [1.54, 1.807) is 0 Å². The van der Waals surface area contributed by atoms with Gasteiger partial charge in [-0.25, -0.2) is 9.78 Å². The summed E-state index contributed by atoms with van der Waals surface area (Å²) in [5.74, 6) is 0.388. The molecule has 1 aromatic heterocycles. The van der Waals surface area contributed by atoms with Crippen molar-refractivity contribution >= 4 is 34.1 Å². The van der Waals surface area contributed by atoms with Crippen LogP contribution in [0.1, 0.15) is 11.1 Å². The standard InChI is InChI=1S/C14H16ClN3OS/c1-9-3-4-11(7-10(9)2)12-8-20-14(17-12)18-13(19)16-6-5-15/h3-4,7-8H,5-6H2,1-2H3,(H2,16,17,18,19). The molecule has 0 aliphatic rings. The molecule has 0 radical (unpaired) electrons. The van der Waals surface area contributed by atoms with Crippen molar-refractivity contribution in [2.24, 2.45) is 0 Å². The highest BCUT2D eigenvalue weighted by atomic mass is 35.5. The summed E-state index contributed by atoms with van der Waals surface area (Å²) in [5, 5.41) is 7.83. The number of benzene rings is 1. The maximum Gasteiger partial charge on any atom is 0.321 e. The molecule has 0 aliphatic carbocycles. The highest BCUT2D eigenvalue weighted by molar-refractivity contribution is 7.14. The number of carbonyl (C=O) groups is 1. The third-order valence-corrected chi connectivity index (χ3v) is 3.85. The number of rotatable bonds is 4. The molecule has 0 aliphatic heterocycles. The Morgan fingerprint density at radius 1 is 1.35 bits per heavy atom.